The van der Waals surface area contributed by atoms with Crippen LogP contribution in [0, 0.1) is 0 Å². The van der Waals surface area contributed by atoms with E-state index in [4.69, 9.17) is 4.74 Å². The minimum absolute atomic E-state index is 0.0636. The number of carbonyl (C=O) groups excluding carboxylic acids is 1. The van der Waals surface area contributed by atoms with E-state index in [1.54, 1.807) is 6.08 Å². The standard InChI is InChI=1S/C16H20O2S/c1-2-18-15(17)10-13-16(11-6-7-12-16)19-14-8-4-3-5-9-14/h3-5,8-10,13H,2,6-7,11-12H2,1H3/b13-10+. The van der Waals surface area contributed by atoms with E-state index in [9.17, 15) is 4.79 Å². The Balaban J connectivity index is 2.08. The van der Waals surface area contributed by atoms with Crippen molar-refractivity contribution in [3.05, 3.63) is 42.5 Å². The Morgan fingerprint density at radius 3 is 2.63 bits per heavy atom. The molecular weight excluding hydrogens is 256 g/mol. The lowest BCUT2D eigenvalue weighted by molar-refractivity contribution is -0.137. The monoisotopic (exact) mass is 276 g/mol. The van der Waals surface area contributed by atoms with Crippen LogP contribution < -0.4 is 0 Å². The van der Waals surface area contributed by atoms with Gasteiger partial charge in [-0.3, -0.25) is 0 Å². The zero-order valence-electron chi connectivity index (χ0n) is 11.3. The van der Waals surface area contributed by atoms with Crippen LogP contribution in [0.25, 0.3) is 0 Å². The number of ether oxygens (including phenoxy) is 1. The van der Waals surface area contributed by atoms with Crippen molar-refractivity contribution in [2.75, 3.05) is 6.61 Å². The molecule has 0 heterocycles. The Morgan fingerprint density at radius 1 is 1.32 bits per heavy atom. The predicted octanol–water partition coefficient (Wildman–Crippen LogP) is 4.21. The van der Waals surface area contributed by atoms with Crippen molar-refractivity contribution >= 4 is 17.7 Å². The van der Waals surface area contributed by atoms with E-state index in [1.807, 2.05) is 24.8 Å². The minimum atomic E-state index is -0.234. The number of carbonyl (C=O) groups is 1. The van der Waals surface area contributed by atoms with Crippen molar-refractivity contribution in [1.82, 2.24) is 0 Å². The second-order valence-corrected chi connectivity index (χ2v) is 6.26. The highest BCUT2D eigenvalue weighted by Gasteiger charge is 2.32. The highest BCUT2D eigenvalue weighted by molar-refractivity contribution is 8.00. The number of hydrogen-bond donors (Lipinski definition) is 0. The van der Waals surface area contributed by atoms with Crippen LogP contribution in [-0.4, -0.2) is 17.3 Å². The van der Waals surface area contributed by atoms with Gasteiger partial charge in [-0.15, -0.1) is 11.8 Å². The Kier molecular flexibility index (Phi) is 5.08. The third-order valence-electron chi connectivity index (χ3n) is 3.32. The molecule has 0 amide bonds. The first-order valence-electron chi connectivity index (χ1n) is 6.84. The SMILES string of the molecule is CCOC(=O)/C=C/C1(Sc2ccccc2)CCCC1. The fourth-order valence-electron chi connectivity index (χ4n) is 2.41. The topological polar surface area (TPSA) is 26.3 Å². The molecule has 0 radical (unpaired) electrons. The number of hydrogen-bond acceptors (Lipinski definition) is 3. The van der Waals surface area contributed by atoms with Gasteiger partial charge in [0.15, 0.2) is 0 Å². The van der Waals surface area contributed by atoms with Gasteiger partial charge in [-0.05, 0) is 31.9 Å². The zero-order chi connectivity index (χ0) is 13.6. The fourth-order valence-corrected chi connectivity index (χ4v) is 3.80. The summed E-state index contributed by atoms with van der Waals surface area (Å²) in [5.41, 5.74) is 0. The summed E-state index contributed by atoms with van der Waals surface area (Å²) < 4.78 is 5.03. The second-order valence-electron chi connectivity index (χ2n) is 4.77. The zero-order valence-corrected chi connectivity index (χ0v) is 12.1. The average Bonchev–Trinajstić information content (AvgIpc) is 2.87. The molecule has 1 aromatic rings. The number of esters is 1. The van der Waals surface area contributed by atoms with Crippen LogP contribution in [-0.2, 0) is 9.53 Å². The molecule has 0 spiro atoms. The fraction of sp³-hybridized carbons (Fsp3) is 0.438. The number of benzene rings is 1. The first kappa shape index (κ1) is 14.2. The Morgan fingerprint density at radius 2 is 2.00 bits per heavy atom. The van der Waals surface area contributed by atoms with Gasteiger partial charge in [-0.2, -0.15) is 0 Å². The van der Waals surface area contributed by atoms with Gasteiger partial charge in [0.2, 0.25) is 0 Å². The molecule has 2 nitrogen and oxygen atoms in total. The van der Waals surface area contributed by atoms with Crippen molar-refractivity contribution in [2.45, 2.75) is 42.2 Å². The Labute approximate surface area is 119 Å². The van der Waals surface area contributed by atoms with Gasteiger partial charge in [0.05, 0.1) is 6.61 Å². The highest BCUT2D eigenvalue weighted by atomic mass is 32.2. The van der Waals surface area contributed by atoms with Gasteiger partial charge in [0, 0.05) is 15.7 Å². The lowest BCUT2D eigenvalue weighted by atomic mass is 10.1. The molecule has 1 aliphatic rings. The highest BCUT2D eigenvalue weighted by Crippen LogP contribution is 2.46. The maximum Gasteiger partial charge on any atom is 0.330 e. The third-order valence-corrected chi connectivity index (χ3v) is 4.78. The van der Waals surface area contributed by atoms with Crippen LogP contribution in [0.2, 0.25) is 0 Å². The summed E-state index contributed by atoms with van der Waals surface area (Å²) in [6.45, 7) is 2.26. The van der Waals surface area contributed by atoms with Gasteiger partial charge in [-0.1, -0.05) is 37.1 Å². The average molecular weight is 276 g/mol. The summed E-state index contributed by atoms with van der Waals surface area (Å²) in [7, 11) is 0. The quantitative estimate of drug-likeness (QED) is 0.595. The smallest absolute Gasteiger partial charge is 0.330 e. The summed E-state index contributed by atoms with van der Waals surface area (Å²) in [5, 5.41) is 0. The van der Waals surface area contributed by atoms with Crippen molar-refractivity contribution in [3.63, 3.8) is 0 Å². The van der Waals surface area contributed by atoms with Crippen LogP contribution in [0.1, 0.15) is 32.6 Å². The molecule has 2 rings (SSSR count). The largest absolute Gasteiger partial charge is 0.463 e. The van der Waals surface area contributed by atoms with E-state index in [-0.39, 0.29) is 10.7 Å². The normalized spacial score (nSPS) is 17.7. The van der Waals surface area contributed by atoms with Gasteiger partial charge >= 0.3 is 5.97 Å². The molecule has 0 atom stereocenters. The molecule has 0 bridgehead atoms. The summed E-state index contributed by atoms with van der Waals surface area (Å²) in [6.07, 6.45) is 8.37. The molecule has 0 aliphatic heterocycles. The summed E-state index contributed by atoms with van der Waals surface area (Å²) in [4.78, 5) is 12.7. The molecule has 3 heteroatoms. The molecule has 0 aromatic heterocycles. The van der Waals surface area contributed by atoms with Crippen LogP contribution in [0.5, 0.6) is 0 Å². The van der Waals surface area contributed by atoms with E-state index in [2.05, 4.69) is 30.3 Å². The molecular formula is C16H20O2S. The lowest BCUT2D eigenvalue weighted by Crippen LogP contribution is -2.17. The van der Waals surface area contributed by atoms with Crippen molar-refractivity contribution in [1.29, 1.82) is 0 Å². The maximum atomic E-state index is 11.5. The molecule has 1 aliphatic carbocycles. The van der Waals surface area contributed by atoms with Crippen LogP contribution in [0.4, 0.5) is 0 Å². The third kappa shape index (κ3) is 4.13. The van der Waals surface area contributed by atoms with E-state index in [1.165, 1.54) is 17.7 Å². The van der Waals surface area contributed by atoms with Crippen molar-refractivity contribution in [3.8, 4) is 0 Å². The van der Waals surface area contributed by atoms with Gasteiger partial charge in [-0.25, -0.2) is 4.79 Å². The summed E-state index contributed by atoms with van der Waals surface area (Å²) in [5.74, 6) is -0.234. The Bertz CT molecular complexity index is 433. The predicted molar refractivity (Wildman–Crippen MR) is 79.3 cm³/mol. The van der Waals surface area contributed by atoms with E-state index >= 15 is 0 Å². The number of thioether (sulfide) groups is 1. The molecule has 19 heavy (non-hydrogen) atoms. The summed E-state index contributed by atoms with van der Waals surface area (Å²) >= 11 is 1.86. The number of rotatable bonds is 5. The van der Waals surface area contributed by atoms with E-state index < -0.39 is 0 Å². The van der Waals surface area contributed by atoms with Gasteiger partial charge < -0.3 is 4.74 Å². The van der Waals surface area contributed by atoms with Crippen molar-refractivity contribution < 1.29 is 9.53 Å². The second kappa shape index (κ2) is 6.80. The van der Waals surface area contributed by atoms with E-state index in [0.717, 1.165) is 12.8 Å². The van der Waals surface area contributed by atoms with E-state index in [0.29, 0.717) is 6.61 Å². The molecule has 102 valence electrons. The minimum Gasteiger partial charge on any atom is -0.463 e. The molecule has 1 saturated carbocycles. The van der Waals surface area contributed by atoms with Crippen LogP contribution >= 0.6 is 11.8 Å². The lowest BCUT2D eigenvalue weighted by Gasteiger charge is -2.24. The Hall–Kier alpha value is -1.22. The molecule has 0 saturated heterocycles. The first-order valence-corrected chi connectivity index (χ1v) is 7.66. The maximum absolute atomic E-state index is 11.5. The molecule has 1 aromatic carbocycles. The van der Waals surface area contributed by atoms with Crippen LogP contribution in [0.3, 0.4) is 0 Å². The van der Waals surface area contributed by atoms with Crippen LogP contribution in [0.15, 0.2) is 47.4 Å². The molecule has 1 fully saturated rings. The van der Waals surface area contributed by atoms with Gasteiger partial charge in [0.25, 0.3) is 0 Å². The first-order chi connectivity index (χ1) is 9.24. The molecule has 0 N–H and O–H groups in total. The van der Waals surface area contributed by atoms with Gasteiger partial charge in [0.1, 0.15) is 0 Å². The van der Waals surface area contributed by atoms with Crippen molar-refractivity contribution in [2.24, 2.45) is 0 Å². The molecule has 0 unspecified atom stereocenters. The summed E-state index contributed by atoms with van der Waals surface area (Å²) in [6, 6.07) is 10.4.